The second kappa shape index (κ2) is 11.0. The molecule has 0 saturated heterocycles. The summed E-state index contributed by atoms with van der Waals surface area (Å²) in [6.07, 6.45) is 15.7. The molecule has 2 aromatic rings. The van der Waals surface area contributed by atoms with E-state index in [9.17, 15) is 4.79 Å². The van der Waals surface area contributed by atoms with E-state index in [1.807, 2.05) is 30.5 Å². The number of nitrogens with zero attached hydrogens (tertiary/aromatic N) is 1. The molecule has 4 rings (SSSR count). The fraction of sp³-hybridized carbons (Fsp3) is 0.385. The number of hydrogen-bond donors (Lipinski definition) is 2. The number of rotatable bonds is 9. The van der Waals surface area contributed by atoms with Gasteiger partial charge in [-0.25, -0.2) is 4.79 Å². The number of carbonyl (C=O) groups is 1. The number of nitrogens with one attached hydrogen (secondary N) is 1. The first-order valence-corrected chi connectivity index (χ1v) is 11.3. The van der Waals surface area contributed by atoms with Crippen molar-refractivity contribution in [2.75, 3.05) is 13.2 Å². The Bertz CT molecular complexity index is 979. The minimum Gasteiger partial charge on any atom is -0.482 e. The van der Waals surface area contributed by atoms with Crippen molar-refractivity contribution in [1.29, 1.82) is 0 Å². The smallest absolute Gasteiger partial charge is 0.341 e. The van der Waals surface area contributed by atoms with Gasteiger partial charge in [0.25, 0.3) is 0 Å². The summed E-state index contributed by atoms with van der Waals surface area (Å²) in [5.41, 5.74) is 8.80. The van der Waals surface area contributed by atoms with E-state index in [1.54, 1.807) is 6.20 Å². The van der Waals surface area contributed by atoms with Crippen LogP contribution in [0.1, 0.15) is 48.8 Å². The molecule has 0 radical (unpaired) electrons. The van der Waals surface area contributed by atoms with Crippen LogP contribution in [0.5, 0.6) is 5.75 Å². The molecule has 1 aromatic carbocycles. The Kier molecular flexibility index (Phi) is 7.56. The van der Waals surface area contributed by atoms with Crippen molar-refractivity contribution >= 4 is 11.7 Å². The number of hydrogen-bond acceptors (Lipinski definition) is 5. The van der Waals surface area contributed by atoms with Crippen LogP contribution in [-0.2, 0) is 22.5 Å². The van der Waals surface area contributed by atoms with Crippen molar-refractivity contribution in [3.05, 3.63) is 77.1 Å². The highest BCUT2D eigenvalue weighted by molar-refractivity contribution is 5.68. The van der Waals surface area contributed by atoms with Gasteiger partial charge in [0, 0.05) is 18.0 Å². The van der Waals surface area contributed by atoms with E-state index in [1.165, 1.54) is 36.8 Å². The molecule has 1 aromatic heterocycles. The monoisotopic (exact) mass is 434 g/mol. The number of carboxylic acids is 1. The summed E-state index contributed by atoms with van der Waals surface area (Å²) in [4.78, 5) is 20.9. The van der Waals surface area contributed by atoms with Crippen molar-refractivity contribution in [2.24, 2.45) is 5.92 Å². The lowest BCUT2D eigenvalue weighted by Crippen LogP contribution is -2.16. The zero-order valence-electron chi connectivity index (χ0n) is 18.3. The first kappa shape index (κ1) is 22.1. The summed E-state index contributed by atoms with van der Waals surface area (Å²) in [5, 5.41) is 8.87. The van der Waals surface area contributed by atoms with Gasteiger partial charge in [0.15, 0.2) is 6.61 Å². The van der Waals surface area contributed by atoms with Crippen molar-refractivity contribution in [1.82, 2.24) is 10.5 Å². The predicted octanol–water partition coefficient (Wildman–Crippen LogP) is 4.71. The third-order valence-corrected chi connectivity index (χ3v) is 6.11. The summed E-state index contributed by atoms with van der Waals surface area (Å²) in [6, 6.07) is 9.84. The van der Waals surface area contributed by atoms with Crippen molar-refractivity contribution in [3.8, 4) is 5.75 Å². The van der Waals surface area contributed by atoms with Crippen LogP contribution in [0, 0.1) is 5.92 Å². The maximum Gasteiger partial charge on any atom is 0.341 e. The number of hydroxylamine groups is 1. The van der Waals surface area contributed by atoms with Gasteiger partial charge >= 0.3 is 5.97 Å². The van der Waals surface area contributed by atoms with E-state index in [4.69, 9.17) is 14.7 Å². The molecular formula is C26H30N2O4. The molecule has 2 aliphatic rings. The highest BCUT2D eigenvalue weighted by atomic mass is 16.6. The fourth-order valence-electron chi connectivity index (χ4n) is 4.48. The van der Waals surface area contributed by atoms with E-state index in [0.29, 0.717) is 18.3 Å². The van der Waals surface area contributed by atoms with Crippen LogP contribution >= 0.6 is 0 Å². The molecule has 0 unspecified atom stereocenters. The van der Waals surface area contributed by atoms with Gasteiger partial charge in [0.2, 0.25) is 0 Å². The topological polar surface area (TPSA) is 80.7 Å². The van der Waals surface area contributed by atoms with Gasteiger partial charge in [-0.3, -0.25) is 15.3 Å². The van der Waals surface area contributed by atoms with Crippen LogP contribution < -0.4 is 10.2 Å². The van der Waals surface area contributed by atoms with Crippen LogP contribution in [0.15, 0.2) is 60.5 Å². The number of fused-ring (bicyclic) bond motifs is 1. The van der Waals surface area contributed by atoms with Gasteiger partial charge < -0.3 is 9.84 Å². The third kappa shape index (κ3) is 5.98. The van der Waals surface area contributed by atoms with Crippen molar-refractivity contribution < 1.29 is 19.5 Å². The average molecular weight is 435 g/mol. The molecule has 0 atom stereocenters. The van der Waals surface area contributed by atoms with Gasteiger partial charge in [-0.1, -0.05) is 42.7 Å². The van der Waals surface area contributed by atoms with Crippen LogP contribution in [0.3, 0.4) is 0 Å². The molecule has 6 heteroatoms. The summed E-state index contributed by atoms with van der Waals surface area (Å²) < 4.78 is 5.46. The number of ether oxygens (including phenoxy) is 1. The summed E-state index contributed by atoms with van der Waals surface area (Å²) in [6.45, 7) is 0.161. The van der Waals surface area contributed by atoms with Crippen LogP contribution in [-0.4, -0.2) is 29.3 Å². The van der Waals surface area contributed by atoms with Crippen LogP contribution in [0.25, 0.3) is 5.70 Å². The van der Waals surface area contributed by atoms with Gasteiger partial charge in [0.05, 0.1) is 12.3 Å². The van der Waals surface area contributed by atoms with E-state index in [2.05, 4.69) is 28.7 Å². The Morgan fingerprint density at radius 3 is 2.84 bits per heavy atom. The molecule has 168 valence electrons. The van der Waals surface area contributed by atoms with E-state index < -0.39 is 5.97 Å². The Morgan fingerprint density at radius 1 is 1.19 bits per heavy atom. The normalized spacial score (nSPS) is 17.9. The van der Waals surface area contributed by atoms with Crippen LogP contribution in [0.2, 0.25) is 0 Å². The Labute approximate surface area is 188 Å². The number of aromatic nitrogens is 1. The fourth-order valence-corrected chi connectivity index (χ4v) is 4.48. The molecule has 32 heavy (non-hydrogen) atoms. The van der Waals surface area contributed by atoms with Crippen LogP contribution in [0.4, 0.5) is 0 Å². The van der Waals surface area contributed by atoms with Gasteiger partial charge in [-0.05, 0) is 67.3 Å². The second-order valence-corrected chi connectivity index (χ2v) is 8.40. The SMILES string of the molecule is O=C(O)COc1cccc2c1CCC(=CCONC(=CC1CCCC1)c1cccnc1)C2. The number of carboxylic acid groups (broad SMARTS) is 1. The van der Waals surface area contributed by atoms with E-state index >= 15 is 0 Å². The molecule has 2 N–H and O–H groups in total. The van der Waals surface area contributed by atoms with Gasteiger partial charge in [-0.2, -0.15) is 0 Å². The first-order valence-electron chi connectivity index (χ1n) is 11.3. The summed E-state index contributed by atoms with van der Waals surface area (Å²) in [7, 11) is 0. The average Bonchev–Trinajstić information content (AvgIpc) is 3.33. The molecule has 1 fully saturated rings. The third-order valence-electron chi connectivity index (χ3n) is 6.11. The minimum absolute atomic E-state index is 0.313. The lowest BCUT2D eigenvalue weighted by molar-refractivity contribution is -0.139. The molecule has 1 heterocycles. The Morgan fingerprint density at radius 2 is 2.06 bits per heavy atom. The van der Waals surface area contributed by atoms with E-state index in [0.717, 1.165) is 36.1 Å². The zero-order chi connectivity index (χ0) is 22.2. The molecular weight excluding hydrogens is 404 g/mol. The van der Waals surface area contributed by atoms with Crippen molar-refractivity contribution in [3.63, 3.8) is 0 Å². The molecule has 0 spiro atoms. The highest BCUT2D eigenvalue weighted by Gasteiger charge is 2.18. The molecule has 1 saturated carbocycles. The maximum atomic E-state index is 10.8. The maximum absolute atomic E-state index is 10.8. The van der Waals surface area contributed by atoms with Gasteiger partial charge in [-0.15, -0.1) is 0 Å². The van der Waals surface area contributed by atoms with Gasteiger partial charge in [0.1, 0.15) is 5.75 Å². The van der Waals surface area contributed by atoms with Crippen molar-refractivity contribution in [2.45, 2.75) is 44.9 Å². The molecule has 0 bridgehead atoms. The number of benzene rings is 1. The largest absolute Gasteiger partial charge is 0.482 e. The molecule has 0 amide bonds. The summed E-state index contributed by atoms with van der Waals surface area (Å²) >= 11 is 0. The highest BCUT2D eigenvalue weighted by Crippen LogP contribution is 2.32. The molecule has 2 aliphatic carbocycles. The zero-order valence-corrected chi connectivity index (χ0v) is 18.3. The summed E-state index contributed by atoms with van der Waals surface area (Å²) in [5.74, 6) is 0.309. The Balaban J connectivity index is 1.35. The minimum atomic E-state index is -0.962. The molecule has 0 aliphatic heterocycles. The lowest BCUT2D eigenvalue weighted by atomic mass is 9.87. The molecule has 6 nitrogen and oxygen atoms in total. The standard InChI is InChI=1S/C26H30N2O4/c29-26(30)18-31-25-9-3-7-21-15-20(10-11-23(21)25)12-14-32-28-24(16-19-5-1-2-6-19)22-8-4-13-27-17-22/h3-4,7-9,12-13,16-17,19,28H,1-2,5-6,10-11,14-15,18H2,(H,29,30). The number of pyridine rings is 1. The second-order valence-electron chi connectivity index (χ2n) is 8.40. The lowest BCUT2D eigenvalue weighted by Gasteiger charge is -2.21. The quantitative estimate of drug-likeness (QED) is 0.338. The van der Waals surface area contributed by atoms with E-state index in [-0.39, 0.29) is 6.61 Å². The first-order chi connectivity index (χ1) is 15.7. The predicted molar refractivity (Wildman–Crippen MR) is 123 cm³/mol. The number of aliphatic carboxylic acids is 1. The Hall–Kier alpha value is -3.12. The number of allylic oxidation sites excluding steroid dienone is 2.